The van der Waals surface area contributed by atoms with Crippen molar-refractivity contribution < 1.29 is 4.79 Å². The fourth-order valence-corrected chi connectivity index (χ4v) is 2.62. The summed E-state index contributed by atoms with van der Waals surface area (Å²) in [6.07, 6.45) is 1.01. The lowest BCUT2D eigenvalue weighted by atomic mass is 10.3. The van der Waals surface area contributed by atoms with Crippen LogP contribution in [-0.4, -0.2) is 17.3 Å². The molecule has 0 aliphatic carbocycles. The summed E-state index contributed by atoms with van der Waals surface area (Å²) in [6.45, 7) is 4.73. The summed E-state index contributed by atoms with van der Waals surface area (Å²) < 4.78 is 1.03. The van der Waals surface area contributed by atoms with Gasteiger partial charge in [0.1, 0.15) is 0 Å². The van der Waals surface area contributed by atoms with Crippen LogP contribution in [-0.2, 0) is 0 Å². The highest BCUT2D eigenvalue weighted by molar-refractivity contribution is 9.11. The predicted molar refractivity (Wildman–Crippen MR) is 72.1 cm³/mol. The van der Waals surface area contributed by atoms with Gasteiger partial charge in [-0.2, -0.15) is 0 Å². The molecule has 0 aromatic carbocycles. The molecule has 15 heavy (non-hydrogen) atoms. The van der Waals surface area contributed by atoms with Crippen LogP contribution in [0.3, 0.4) is 0 Å². The maximum absolute atomic E-state index is 11.7. The van der Waals surface area contributed by atoms with Crippen molar-refractivity contribution in [2.24, 2.45) is 0 Å². The van der Waals surface area contributed by atoms with Crippen molar-refractivity contribution in [1.29, 1.82) is 0 Å². The number of rotatable bonds is 4. The van der Waals surface area contributed by atoms with Crippen molar-refractivity contribution in [3.63, 3.8) is 0 Å². The Morgan fingerprint density at radius 1 is 1.67 bits per heavy atom. The van der Waals surface area contributed by atoms with Gasteiger partial charge in [0, 0.05) is 11.4 Å². The van der Waals surface area contributed by atoms with Crippen LogP contribution in [0.25, 0.3) is 0 Å². The van der Waals surface area contributed by atoms with Crippen molar-refractivity contribution in [3.8, 4) is 0 Å². The maximum Gasteiger partial charge on any atom is 0.261 e. The van der Waals surface area contributed by atoms with Gasteiger partial charge in [0.05, 0.1) is 8.66 Å². The molecule has 0 saturated carbocycles. The first-order valence-corrected chi connectivity index (χ1v) is 7.25. The highest BCUT2D eigenvalue weighted by atomic mass is 79.9. The van der Waals surface area contributed by atoms with Crippen LogP contribution in [0.5, 0.6) is 0 Å². The summed E-state index contributed by atoms with van der Waals surface area (Å²) in [5, 5.41) is 2.89. The van der Waals surface area contributed by atoms with Gasteiger partial charge in [-0.3, -0.25) is 4.79 Å². The van der Waals surface area contributed by atoms with Crippen LogP contribution in [0.4, 0.5) is 0 Å². The molecule has 1 aromatic rings. The topological polar surface area (TPSA) is 29.1 Å². The third-order valence-corrected chi connectivity index (χ3v) is 5.11. The molecule has 0 aliphatic rings. The first kappa shape index (κ1) is 13.2. The summed E-state index contributed by atoms with van der Waals surface area (Å²) in [7, 11) is 0. The van der Waals surface area contributed by atoms with E-state index in [1.165, 1.54) is 11.3 Å². The lowest BCUT2D eigenvalue weighted by Gasteiger charge is -2.07. The van der Waals surface area contributed by atoms with E-state index in [4.69, 9.17) is 0 Å². The Morgan fingerprint density at radius 2 is 2.33 bits per heavy atom. The SMILES string of the molecule is CCC(Br)CNC(=O)c1cc(C)c(Br)s1. The molecule has 1 rings (SSSR count). The number of carbonyl (C=O) groups excluding carboxylic acids is 1. The van der Waals surface area contributed by atoms with E-state index in [2.05, 4.69) is 44.1 Å². The lowest BCUT2D eigenvalue weighted by Crippen LogP contribution is -2.28. The molecule has 0 saturated heterocycles. The molecular weight excluding hydrogens is 342 g/mol. The van der Waals surface area contributed by atoms with E-state index in [0.29, 0.717) is 11.4 Å². The van der Waals surface area contributed by atoms with Crippen LogP contribution in [0, 0.1) is 6.92 Å². The van der Waals surface area contributed by atoms with E-state index in [1.54, 1.807) is 0 Å². The monoisotopic (exact) mass is 353 g/mol. The highest BCUT2D eigenvalue weighted by Gasteiger charge is 2.11. The minimum absolute atomic E-state index is 0.00620. The molecule has 0 fully saturated rings. The second-order valence-corrected chi connectivity index (χ2v) is 6.95. The van der Waals surface area contributed by atoms with Gasteiger partial charge in [-0.15, -0.1) is 11.3 Å². The zero-order valence-corrected chi connectivity index (χ0v) is 12.6. The second kappa shape index (κ2) is 6.01. The number of thiophene rings is 1. The largest absolute Gasteiger partial charge is 0.350 e. The number of carbonyl (C=O) groups is 1. The van der Waals surface area contributed by atoms with Crippen molar-refractivity contribution in [2.45, 2.75) is 25.1 Å². The van der Waals surface area contributed by atoms with Gasteiger partial charge in [-0.05, 0) is 40.9 Å². The standard InChI is InChI=1S/C10H13Br2NOS/c1-3-7(11)5-13-10(14)8-4-6(2)9(12)15-8/h4,7H,3,5H2,1-2H3,(H,13,14). The van der Waals surface area contributed by atoms with Gasteiger partial charge in [0.2, 0.25) is 0 Å². The number of nitrogens with one attached hydrogen (secondary N) is 1. The fraction of sp³-hybridized carbons (Fsp3) is 0.500. The molecule has 1 atom stereocenters. The average molecular weight is 355 g/mol. The lowest BCUT2D eigenvalue weighted by molar-refractivity contribution is 0.0958. The molecule has 0 aliphatic heterocycles. The Bertz CT molecular complexity index is 332. The van der Waals surface area contributed by atoms with Crippen LogP contribution in [0.15, 0.2) is 9.85 Å². The molecule has 5 heteroatoms. The third kappa shape index (κ3) is 3.89. The van der Waals surface area contributed by atoms with Gasteiger partial charge in [0.25, 0.3) is 5.91 Å². The van der Waals surface area contributed by atoms with Gasteiger partial charge in [-0.1, -0.05) is 22.9 Å². The van der Waals surface area contributed by atoms with Crippen LogP contribution < -0.4 is 5.32 Å². The number of aryl methyl sites for hydroxylation is 1. The molecule has 84 valence electrons. The summed E-state index contributed by atoms with van der Waals surface area (Å²) in [4.78, 5) is 12.8. The Labute approximate surface area is 111 Å². The smallest absolute Gasteiger partial charge is 0.261 e. The molecular formula is C10H13Br2NOS. The zero-order valence-electron chi connectivity index (χ0n) is 8.64. The van der Waals surface area contributed by atoms with Crippen LogP contribution >= 0.6 is 43.2 Å². The Balaban J connectivity index is 2.54. The molecule has 0 radical (unpaired) electrons. The first-order valence-electron chi connectivity index (χ1n) is 4.72. The van der Waals surface area contributed by atoms with E-state index in [9.17, 15) is 4.79 Å². The number of amides is 1. The van der Waals surface area contributed by atoms with E-state index in [0.717, 1.165) is 20.6 Å². The Kier molecular flexibility index (Phi) is 5.29. The summed E-state index contributed by atoms with van der Waals surface area (Å²) in [5.74, 6) is 0.00620. The third-order valence-electron chi connectivity index (χ3n) is 2.01. The van der Waals surface area contributed by atoms with Crippen LogP contribution in [0.2, 0.25) is 0 Å². The average Bonchev–Trinajstić information content (AvgIpc) is 2.55. The summed E-state index contributed by atoms with van der Waals surface area (Å²) in [5.41, 5.74) is 1.11. The molecule has 1 amide bonds. The Morgan fingerprint density at radius 3 is 2.80 bits per heavy atom. The number of alkyl halides is 1. The fourth-order valence-electron chi connectivity index (χ4n) is 1.01. The van der Waals surface area contributed by atoms with Crippen molar-refractivity contribution in [3.05, 3.63) is 20.3 Å². The summed E-state index contributed by atoms with van der Waals surface area (Å²) in [6, 6.07) is 1.90. The molecule has 1 aromatic heterocycles. The second-order valence-electron chi connectivity index (χ2n) is 3.28. The number of hydrogen-bond acceptors (Lipinski definition) is 2. The van der Waals surface area contributed by atoms with Crippen LogP contribution in [0.1, 0.15) is 28.6 Å². The number of halogens is 2. The van der Waals surface area contributed by atoms with Crippen molar-refractivity contribution in [2.75, 3.05) is 6.54 Å². The first-order chi connectivity index (χ1) is 7.04. The maximum atomic E-state index is 11.7. The minimum atomic E-state index is 0.00620. The predicted octanol–water partition coefficient (Wildman–Crippen LogP) is 3.72. The van der Waals surface area contributed by atoms with E-state index in [1.807, 2.05) is 13.0 Å². The minimum Gasteiger partial charge on any atom is -0.350 e. The molecule has 1 unspecified atom stereocenters. The molecule has 0 bridgehead atoms. The highest BCUT2D eigenvalue weighted by Crippen LogP contribution is 2.27. The Hall–Kier alpha value is 0.130. The van der Waals surface area contributed by atoms with Gasteiger partial charge < -0.3 is 5.32 Å². The van der Waals surface area contributed by atoms with E-state index in [-0.39, 0.29) is 5.91 Å². The number of hydrogen-bond donors (Lipinski definition) is 1. The molecule has 0 spiro atoms. The van der Waals surface area contributed by atoms with Crippen molar-refractivity contribution in [1.82, 2.24) is 5.32 Å². The summed E-state index contributed by atoms with van der Waals surface area (Å²) >= 11 is 8.36. The van der Waals surface area contributed by atoms with Gasteiger partial charge in [-0.25, -0.2) is 0 Å². The normalized spacial score (nSPS) is 12.5. The van der Waals surface area contributed by atoms with E-state index < -0.39 is 0 Å². The van der Waals surface area contributed by atoms with Crippen molar-refractivity contribution >= 4 is 49.1 Å². The van der Waals surface area contributed by atoms with E-state index >= 15 is 0 Å². The zero-order chi connectivity index (χ0) is 11.4. The molecule has 1 heterocycles. The quantitative estimate of drug-likeness (QED) is 0.820. The van der Waals surface area contributed by atoms with Gasteiger partial charge in [0.15, 0.2) is 0 Å². The molecule has 1 N–H and O–H groups in total. The molecule has 2 nitrogen and oxygen atoms in total. The van der Waals surface area contributed by atoms with Gasteiger partial charge >= 0.3 is 0 Å².